The van der Waals surface area contributed by atoms with Gasteiger partial charge < -0.3 is 5.32 Å². The molecule has 5 heteroatoms. The Morgan fingerprint density at radius 1 is 0.867 bits per heavy atom. The Kier molecular flexibility index (Phi) is 5.42. The van der Waals surface area contributed by atoms with Crippen molar-refractivity contribution in [1.29, 1.82) is 0 Å². The zero-order valence-corrected chi connectivity index (χ0v) is 17.5. The van der Waals surface area contributed by atoms with Crippen LogP contribution in [0, 0.1) is 6.92 Å². The van der Waals surface area contributed by atoms with Gasteiger partial charge in [-0.25, -0.2) is 4.90 Å². The molecule has 4 rings (SSSR count). The van der Waals surface area contributed by atoms with Crippen LogP contribution in [0.1, 0.15) is 23.6 Å². The van der Waals surface area contributed by atoms with Gasteiger partial charge in [-0.05, 0) is 48.7 Å². The van der Waals surface area contributed by atoms with Crippen LogP contribution >= 0.6 is 11.6 Å². The van der Waals surface area contributed by atoms with Gasteiger partial charge in [0.25, 0.3) is 11.8 Å². The highest BCUT2D eigenvalue weighted by Gasteiger charge is 2.41. The Morgan fingerprint density at radius 3 is 2.17 bits per heavy atom. The van der Waals surface area contributed by atoms with E-state index in [4.69, 9.17) is 11.6 Å². The molecule has 0 aromatic heterocycles. The van der Waals surface area contributed by atoms with Crippen LogP contribution in [-0.2, 0) is 16.0 Å². The van der Waals surface area contributed by atoms with Gasteiger partial charge in [-0.1, -0.05) is 72.6 Å². The van der Waals surface area contributed by atoms with Crippen molar-refractivity contribution in [2.75, 3.05) is 10.2 Å². The maximum Gasteiger partial charge on any atom is 0.282 e. The Morgan fingerprint density at radius 2 is 1.53 bits per heavy atom. The number of nitrogens with one attached hydrogen (secondary N) is 1. The van der Waals surface area contributed by atoms with E-state index in [0.717, 1.165) is 22.6 Å². The zero-order valence-electron chi connectivity index (χ0n) is 16.8. The van der Waals surface area contributed by atoms with Gasteiger partial charge in [0.1, 0.15) is 5.70 Å². The lowest BCUT2D eigenvalue weighted by Gasteiger charge is -2.16. The van der Waals surface area contributed by atoms with Gasteiger partial charge >= 0.3 is 0 Å². The smallest absolute Gasteiger partial charge is 0.282 e. The van der Waals surface area contributed by atoms with Crippen LogP contribution in [0.3, 0.4) is 0 Å². The number of carbonyl (C=O) groups is 2. The number of nitrogens with zero attached hydrogens (tertiary/aromatic N) is 1. The van der Waals surface area contributed by atoms with Crippen molar-refractivity contribution in [1.82, 2.24) is 0 Å². The van der Waals surface area contributed by atoms with Crippen LogP contribution in [0.15, 0.2) is 78.5 Å². The Hall–Kier alpha value is -3.37. The van der Waals surface area contributed by atoms with E-state index in [1.807, 2.05) is 55.5 Å². The van der Waals surface area contributed by atoms with Gasteiger partial charge in [0.2, 0.25) is 0 Å². The predicted octanol–water partition coefficient (Wildman–Crippen LogP) is 5.61. The minimum Gasteiger partial charge on any atom is -0.350 e. The Balaban J connectivity index is 1.81. The molecule has 0 radical (unpaired) electrons. The third-order valence-corrected chi connectivity index (χ3v) is 5.47. The summed E-state index contributed by atoms with van der Waals surface area (Å²) in [4.78, 5) is 27.9. The van der Waals surface area contributed by atoms with Gasteiger partial charge in [-0.2, -0.15) is 0 Å². The maximum absolute atomic E-state index is 13.4. The largest absolute Gasteiger partial charge is 0.350 e. The Bertz CT molecular complexity index is 1150. The van der Waals surface area contributed by atoms with E-state index < -0.39 is 11.8 Å². The summed E-state index contributed by atoms with van der Waals surface area (Å²) in [5.74, 6) is -0.826. The summed E-state index contributed by atoms with van der Waals surface area (Å²) < 4.78 is 0. The molecule has 0 saturated heterocycles. The molecular formula is C25H21ClN2O2. The number of aryl methyl sites for hydroxylation is 2. The maximum atomic E-state index is 13.4. The van der Waals surface area contributed by atoms with Crippen molar-refractivity contribution >= 4 is 40.4 Å². The van der Waals surface area contributed by atoms with Crippen LogP contribution in [0.5, 0.6) is 0 Å². The molecule has 3 aromatic carbocycles. The highest BCUT2D eigenvalue weighted by molar-refractivity contribution is 6.48. The second-order valence-electron chi connectivity index (χ2n) is 7.19. The van der Waals surface area contributed by atoms with Crippen molar-refractivity contribution in [3.63, 3.8) is 0 Å². The van der Waals surface area contributed by atoms with E-state index in [1.54, 1.807) is 24.3 Å². The number of imide groups is 1. The first kappa shape index (κ1) is 19.9. The second kappa shape index (κ2) is 8.17. The van der Waals surface area contributed by atoms with Crippen molar-refractivity contribution in [3.8, 4) is 0 Å². The van der Waals surface area contributed by atoms with Crippen molar-refractivity contribution < 1.29 is 9.59 Å². The average molecular weight is 417 g/mol. The quantitative estimate of drug-likeness (QED) is 0.550. The molecule has 1 aliphatic rings. The molecule has 4 nitrogen and oxygen atoms in total. The number of amides is 2. The number of hydrogen-bond acceptors (Lipinski definition) is 3. The monoisotopic (exact) mass is 416 g/mol. The summed E-state index contributed by atoms with van der Waals surface area (Å²) in [6.45, 7) is 4.06. The molecule has 1 N–H and O–H groups in total. The van der Waals surface area contributed by atoms with E-state index in [2.05, 4.69) is 12.2 Å². The first-order valence-corrected chi connectivity index (χ1v) is 10.2. The molecule has 0 fully saturated rings. The fourth-order valence-corrected chi connectivity index (χ4v) is 3.67. The SMILES string of the molecule is CCc1ccc(NC2=C(c3ccc(C)cc3)C(=O)N(c3ccccc3Cl)C2=O)cc1. The van der Waals surface area contributed by atoms with E-state index >= 15 is 0 Å². The minimum atomic E-state index is -0.428. The summed E-state index contributed by atoms with van der Waals surface area (Å²) in [6, 6.07) is 22.2. The first-order chi connectivity index (χ1) is 14.5. The van der Waals surface area contributed by atoms with Crippen molar-refractivity contribution in [2.24, 2.45) is 0 Å². The zero-order chi connectivity index (χ0) is 21.3. The second-order valence-corrected chi connectivity index (χ2v) is 7.60. The lowest BCUT2D eigenvalue weighted by Crippen LogP contribution is -2.32. The molecule has 150 valence electrons. The number of halogens is 1. The number of benzene rings is 3. The van der Waals surface area contributed by atoms with Gasteiger partial charge in [0.15, 0.2) is 0 Å². The number of para-hydroxylation sites is 1. The molecule has 0 spiro atoms. The van der Waals surface area contributed by atoms with Crippen LogP contribution in [-0.4, -0.2) is 11.8 Å². The van der Waals surface area contributed by atoms with Crippen molar-refractivity contribution in [3.05, 3.63) is 100 Å². The Labute approximate surface area is 180 Å². The first-order valence-electron chi connectivity index (χ1n) is 9.80. The summed E-state index contributed by atoms with van der Waals surface area (Å²) >= 11 is 6.31. The lowest BCUT2D eigenvalue weighted by molar-refractivity contribution is -0.120. The topological polar surface area (TPSA) is 49.4 Å². The van der Waals surface area contributed by atoms with Gasteiger partial charge in [-0.3, -0.25) is 9.59 Å². The number of hydrogen-bond donors (Lipinski definition) is 1. The van der Waals surface area contributed by atoms with Crippen molar-refractivity contribution in [2.45, 2.75) is 20.3 Å². The molecule has 0 unspecified atom stereocenters. The molecule has 3 aromatic rings. The van der Waals surface area contributed by atoms with Crippen LogP contribution in [0.2, 0.25) is 5.02 Å². The molecule has 1 heterocycles. The highest BCUT2D eigenvalue weighted by atomic mass is 35.5. The van der Waals surface area contributed by atoms with Gasteiger partial charge in [-0.15, -0.1) is 0 Å². The lowest BCUT2D eigenvalue weighted by atomic mass is 10.0. The van der Waals surface area contributed by atoms with E-state index in [9.17, 15) is 9.59 Å². The van der Waals surface area contributed by atoms with Crippen LogP contribution in [0.4, 0.5) is 11.4 Å². The normalized spacial score (nSPS) is 13.9. The third kappa shape index (κ3) is 3.62. The summed E-state index contributed by atoms with van der Waals surface area (Å²) in [5, 5.41) is 3.52. The highest BCUT2D eigenvalue weighted by Crippen LogP contribution is 2.36. The van der Waals surface area contributed by atoms with E-state index in [1.165, 1.54) is 5.56 Å². The van der Waals surface area contributed by atoms with E-state index in [-0.39, 0.29) is 5.70 Å². The molecule has 2 amide bonds. The number of rotatable bonds is 5. The number of anilines is 2. The van der Waals surface area contributed by atoms with Gasteiger partial charge in [0, 0.05) is 5.69 Å². The third-order valence-electron chi connectivity index (χ3n) is 5.15. The van der Waals surface area contributed by atoms with E-state index in [0.29, 0.717) is 21.8 Å². The fraction of sp³-hybridized carbons (Fsp3) is 0.120. The van der Waals surface area contributed by atoms with Crippen LogP contribution in [0.25, 0.3) is 5.57 Å². The summed E-state index contributed by atoms with van der Waals surface area (Å²) in [7, 11) is 0. The summed E-state index contributed by atoms with van der Waals surface area (Å²) in [6.07, 6.45) is 0.926. The number of carbonyl (C=O) groups excluding carboxylic acids is 2. The fourth-order valence-electron chi connectivity index (χ4n) is 3.45. The molecule has 0 atom stereocenters. The van der Waals surface area contributed by atoms with Crippen LogP contribution < -0.4 is 10.2 Å². The minimum absolute atomic E-state index is 0.244. The molecule has 0 saturated carbocycles. The molecular weight excluding hydrogens is 396 g/mol. The summed E-state index contributed by atoms with van der Waals surface area (Å²) in [5.41, 5.74) is 4.64. The molecule has 1 aliphatic heterocycles. The standard InChI is InChI=1S/C25H21ClN2O2/c1-3-17-10-14-19(15-11-17)27-23-22(18-12-8-16(2)9-13-18)24(29)28(25(23)30)21-7-5-4-6-20(21)26/h4-15,27H,3H2,1-2H3. The molecule has 0 aliphatic carbocycles. The molecule has 30 heavy (non-hydrogen) atoms. The average Bonchev–Trinajstić information content (AvgIpc) is 2.99. The molecule has 0 bridgehead atoms. The predicted molar refractivity (Wildman–Crippen MR) is 121 cm³/mol. The van der Waals surface area contributed by atoms with Gasteiger partial charge in [0.05, 0.1) is 16.3 Å².